The topological polar surface area (TPSA) is 128 Å². The Morgan fingerprint density at radius 2 is 1.87 bits per heavy atom. The first-order valence-electron chi connectivity index (χ1n) is 10.2. The molecule has 2 heterocycles. The Morgan fingerprint density at radius 3 is 2.55 bits per heavy atom. The van der Waals surface area contributed by atoms with E-state index in [2.05, 4.69) is 15.3 Å². The maximum absolute atomic E-state index is 12.4. The molecule has 31 heavy (non-hydrogen) atoms. The number of aryl methyl sites for hydroxylation is 2. The molecule has 2 aromatic heterocycles. The maximum atomic E-state index is 12.4. The second-order valence-electron chi connectivity index (χ2n) is 6.92. The van der Waals surface area contributed by atoms with Gasteiger partial charge in [-0.1, -0.05) is 31.5 Å². The number of carbonyl (C=O) groups excluding carboxylic acids is 2. The van der Waals surface area contributed by atoms with Crippen LogP contribution in [0.5, 0.6) is 0 Å². The smallest absolute Gasteiger partial charge is 0.330 e. The van der Waals surface area contributed by atoms with E-state index < -0.39 is 17.2 Å². The number of unbranched alkanes of at least 4 members (excludes halogenated alkanes) is 1. The zero-order valence-corrected chi connectivity index (χ0v) is 17.5. The molecule has 0 spiro atoms. The lowest BCUT2D eigenvalue weighted by atomic mass is 10.2. The predicted octanol–water partition coefficient (Wildman–Crippen LogP) is 1.18. The SMILES string of the molecule is CCCCn1c(=O)[nH]c(=O)c2c1nc(COC(=O)CNC(=O)c1ccccc1)n2CC. The summed E-state index contributed by atoms with van der Waals surface area (Å²) in [5.41, 5.74) is -0.0739. The van der Waals surface area contributed by atoms with Crippen molar-refractivity contribution in [2.24, 2.45) is 0 Å². The van der Waals surface area contributed by atoms with Crippen molar-refractivity contribution in [2.45, 2.75) is 46.4 Å². The summed E-state index contributed by atoms with van der Waals surface area (Å²) in [5.74, 6) is -0.678. The van der Waals surface area contributed by atoms with Gasteiger partial charge in [-0.3, -0.25) is 23.9 Å². The van der Waals surface area contributed by atoms with Crippen LogP contribution in [0, 0.1) is 0 Å². The van der Waals surface area contributed by atoms with Gasteiger partial charge in [-0.15, -0.1) is 0 Å². The van der Waals surface area contributed by atoms with Gasteiger partial charge in [0, 0.05) is 18.7 Å². The molecule has 0 unspecified atom stereocenters. The van der Waals surface area contributed by atoms with Crippen molar-refractivity contribution in [3.05, 3.63) is 62.6 Å². The minimum Gasteiger partial charge on any atom is -0.456 e. The Kier molecular flexibility index (Phi) is 7.01. The van der Waals surface area contributed by atoms with E-state index in [1.54, 1.807) is 34.9 Å². The van der Waals surface area contributed by atoms with Crippen molar-refractivity contribution in [1.82, 2.24) is 24.4 Å². The summed E-state index contributed by atoms with van der Waals surface area (Å²) in [6.07, 6.45) is 1.63. The first-order chi connectivity index (χ1) is 15.0. The highest BCUT2D eigenvalue weighted by Gasteiger charge is 2.19. The number of hydrogen-bond acceptors (Lipinski definition) is 6. The van der Waals surface area contributed by atoms with Crippen molar-refractivity contribution < 1.29 is 14.3 Å². The van der Waals surface area contributed by atoms with E-state index >= 15 is 0 Å². The van der Waals surface area contributed by atoms with Crippen molar-refractivity contribution in [1.29, 1.82) is 0 Å². The van der Waals surface area contributed by atoms with E-state index in [1.807, 2.05) is 13.8 Å². The number of amides is 1. The molecule has 3 aromatic rings. The Labute approximate surface area is 177 Å². The lowest BCUT2D eigenvalue weighted by Crippen LogP contribution is -2.31. The monoisotopic (exact) mass is 427 g/mol. The van der Waals surface area contributed by atoms with Gasteiger partial charge in [0.05, 0.1) is 0 Å². The molecule has 1 aromatic carbocycles. The molecule has 0 aliphatic heterocycles. The van der Waals surface area contributed by atoms with Gasteiger partial charge in [0.25, 0.3) is 11.5 Å². The number of aromatic nitrogens is 4. The summed E-state index contributed by atoms with van der Waals surface area (Å²) in [6, 6.07) is 8.52. The predicted molar refractivity (Wildman–Crippen MR) is 114 cm³/mol. The Bertz CT molecular complexity index is 1190. The number of imidazole rings is 1. The highest BCUT2D eigenvalue weighted by atomic mass is 16.5. The molecule has 0 aliphatic rings. The molecule has 10 heteroatoms. The van der Waals surface area contributed by atoms with Gasteiger partial charge in [0.15, 0.2) is 11.2 Å². The third-order valence-electron chi connectivity index (χ3n) is 4.81. The fourth-order valence-corrected chi connectivity index (χ4v) is 3.23. The summed E-state index contributed by atoms with van der Waals surface area (Å²) >= 11 is 0. The first-order valence-corrected chi connectivity index (χ1v) is 10.2. The lowest BCUT2D eigenvalue weighted by Gasteiger charge is -2.08. The number of aromatic amines is 1. The number of esters is 1. The van der Waals surface area contributed by atoms with Crippen LogP contribution in [0.25, 0.3) is 11.2 Å². The standard InChI is InChI=1S/C21H25N5O5/c1-3-5-11-26-18-17(20(29)24-21(26)30)25(4-2)15(23-18)13-31-16(27)12-22-19(28)14-9-7-6-8-10-14/h6-10H,3-5,11-13H2,1-2H3,(H,22,28)(H,24,29,30). The molecule has 3 rings (SSSR count). The zero-order chi connectivity index (χ0) is 22.4. The van der Waals surface area contributed by atoms with Crippen LogP contribution in [-0.2, 0) is 29.2 Å². The first kappa shape index (κ1) is 22.0. The van der Waals surface area contributed by atoms with Crippen LogP contribution in [0.1, 0.15) is 42.9 Å². The summed E-state index contributed by atoms with van der Waals surface area (Å²) in [6.45, 7) is 4.16. The number of nitrogens with zero attached hydrogens (tertiary/aromatic N) is 3. The minimum absolute atomic E-state index is 0.191. The van der Waals surface area contributed by atoms with Gasteiger partial charge in [-0.2, -0.15) is 0 Å². The third-order valence-corrected chi connectivity index (χ3v) is 4.81. The molecular weight excluding hydrogens is 402 g/mol. The van der Waals surface area contributed by atoms with E-state index in [0.717, 1.165) is 12.8 Å². The number of rotatable bonds is 9. The van der Waals surface area contributed by atoms with Gasteiger partial charge < -0.3 is 14.6 Å². The number of nitrogens with one attached hydrogen (secondary N) is 2. The zero-order valence-electron chi connectivity index (χ0n) is 17.5. The van der Waals surface area contributed by atoms with Gasteiger partial charge in [0.1, 0.15) is 19.0 Å². The van der Waals surface area contributed by atoms with E-state index in [0.29, 0.717) is 24.5 Å². The van der Waals surface area contributed by atoms with Gasteiger partial charge in [0.2, 0.25) is 0 Å². The molecule has 0 fully saturated rings. The van der Waals surface area contributed by atoms with Crippen LogP contribution < -0.4 is 16.6 Å². The average molecular weight is 427 g/mol. The molecule has 0 atom stereocenters. The second-order valence-corrected chi connectivity index (χ2v) is 6.92. The minimum atomic E-state index is -0.642. The molecular formula is C21H25N5O5. The van der Waals surface area contributed by atoms with Crippen LogP contribution in [-0.4, -0.2) is 37.5 Å². The van der Waals surface area contributed by atoms with Crippen molar-refractivity contribution in [3.8, 4) is 0 Å². The molecule has 0 radical (unpaired) electrons. The average Bonchev–Trinajstić information content (AvgIpc) is 3.15. The normalized spacial score (nSPS) is 10.9. The Hall–Kier alpha value is -3.69. The quantitative estimate of drug-likeness (QED) is 0.494. The van der Waals surface area contributed by atoms with Crippen molar-refractivity contribution in [3.63, 3.8) is 0 Å². The van der Waals surface area contributed by atoms with E-state index in [4.69, 9.17) is 4.74 Å². The highest BCUT2D eigenvalue weighted by molar-refractivity contribution is 5.95. The molecule has 2 N–H and O–H groups in total. The largest absolute Gasteiger partial charge is 0.456 e. The van der Waals surface area contributed by atoms with Gasteiger partial charge in [-0.05, 0) is 25.5 Å². The fraction of sp³-hybridized carbons (Fsp3) is 0.381. The van der Waals surface area contributed by atoms with Gasteiger partial charge in [-0.25, -0.2) is 9.78 Å². The van der Waals surface area contributed by atoms with Crippen LogP contribution >= 0.6 is 0 Å². The van der Waals surface area contributed by atoms with E-state index in [1.165, 1.54) is 4.57 Å². The number of benzene rings is 1. The lowest BCUT2D eigenvalue weighted by molar-refractivity contribution is -0.144. The Balaban J connectivity index is 1.74. The van der Waals surface area contributed by atoms with E-state index in [-0.39, 0.29) is 30.2 Å². The van der Waals surface area contributed by atoms with Crippen LogP contribution in [0.15, 0.2) is 39.9 Å². The molecule has 0 aliphatic carbocycles. The second kappa shape index (κ2) is 9.88. The summed E-state index contributed by atoms with van der Waals surface area (Å²) in [4.78, 5) is 55.5. The number of fused-ring (bicyclic) bond motifs is 1. The molecule has 0 bridgehead atoms. The fourth-order valence-electron chi connectivity index (χ4n) is 3.23. The summed E-state index contributed by atoms with van der Waals surface area (Å²) < 4.78 is 8.29. The Morgan fingerprint density at radius 1 is 1.13 bits per heavy atom. The maximum Gasteiger partial charge on any atom is 0.330 e. The van der Waals surface area contributed by atoms with E-state index in [9.17, 15) is 19.2 Å². The highest BCUT2D eigenvalue weighted by Crippen LogP contribution is 2.13. The van der Waals surface area contributed by atoms with Crippen LogP contribution in [0.3, 0.4) is 0 Å². The van der Waals surface area contributed by atoms with Crippen LogP contribution in [0.2, 0.25) is 0 Å². The van der Waals surface area contributed by atoms with Gasteiger partial charge >= 0.3 is 11.7 Å². The molecule has 0 saturated heterocycles. The third kappa shape index (κ3) is 4.90. The number of H-pyrrole nitrogens is 1. The van der Waals surface area contributed by atoms with Crippen LogP contribution in [0.4, 0.5) is 0 Å². The summed E-state index contributed by atoms with van der Waals surface area (Å²) in [7, 11) is 0. The number of carbonyl (C=O) groups is 2. The van der Waals surface area contributed by atoms with Crippen molar-refractivity contribution in [2.75, 3.05) is 6.54 Å². The molecule has 164 valence electrons. The number of hydrogen-bond donors (Lipinski definition) is 2. The molecule has 10 nitrogen and oxygen atoms in total. The molecule has 0 saturated carbocycles. The molecule has 1 amide bonds. The van der Waals surface area contributed by atoms with Crippen molar-refractivity contribution >= 4 is 23.0 Å². The summed E-state index contributed by atoms with van der Waals surface area (Å²) in [5, 5.41) is 2.50. The number of ether oxygens (including phenoxy) is 1.